The molecule has 0 rings (SSSR count). The summed E-state index contributed by atoms with van der Waals surface area (Å²) in [6.07, 6.45) is 1.02. The van der Waals surface area contributed by atoms with Gasteiger partial charge in [0.15, 0.2) is 0 Å². The van der Waals surface area contributed by atoms with E-state index in [1.54, 1.807) is 0 Å². The third kappa shape index (κ3) is 54.2. The van der Waals surface area contributed by atoms with Gasteiger partial charge in [-0.05, 0) is 6.42 Å². The van der Waals surface area contributed by atoms with E-state index in [9.17, 15) is 17.7 Å². The smallest absolute Gasteiger partial charge is 0.481 e. The van der Waals surface area contributed by atoms with Gasteiger partial charge in [-0.25, -0.2) is 0 Å². The molecule has 0 aromatic heterocycles. The van der Waals surface area contributed by atoms with Gasteiger partial charge in [0.1, 0.15) is 0 Å². The largest absolute Gasteiger partial charge is 0.762 e. The van der Waals surface area contributed by atoms with Crippen LogP contribution >= 0.6 is 0 Å². The molecule has 1 N–H and O–H groups in total. The van der Waals surface area contributed by atoms with Crippen molar-refractivity contribution in [2.24, 2.45) is 0 Å². The first-order valence-corrected chi connectivity index (χ1v) is 2.64. The van der Waals surface area contributed by atoms with Crippen LogP contribution in [0.4, 0.5) is 12.9 Å². The number of hydrogen-bond donors (Lipinski definition) is 1. The molecule has 2 nitrogen and oxygen atoms in total. The number of aliphatic carboxylic acids is 1. The van der Waals surface area contributed by atoms with Crippen LogP contribution < -0.4 is 0 Å². The minimum absolute atomic E-state index is 0.292. The lowest BCUT2D eigenvalue weighted by Gasteiger charge is -1.79. The van der Waals surface area contributed by atoms with Gasteiger partial charge in [0.2, 0.25) is 0 Å². The van der Waals surface area contributed by atoms with E-state index >= 15 is 0 Å². The molecule has 0 radical (unpaired) electrons. The summed E-state index contributed by atoms with van der Waals surface area (Å²) in [6.45, 7) is 1.84. The molecule has 6 heteroatoms. The average Bonchev–Trinajstić information content (AvgIpc) is 1.62. The summed E-state index contributed by atoms with van der Waals surface area (Å²) >= 11 is 0. The number of carbonyl (C=O) groups is 1. The molecule has 0 aromatic rings. The Labute approximate surface area is 57.3 Å². The maximum Gasteiger partial charge on any atom is 0.762 e. The zero-order chi connectivity index (χ0) is 8.57. The molecule has 0 spiro atoms. The number of carboxylic acids is 1. The van der Waals surface area contributed by atoms with E-state index in [1.165, 1.54) is 0 Å². The highest BCUT2D eigenvalue weighted by Gasteiger charge is 2.06. The van der Waals surface area contributed by atoms with Crippen molar-refractivity contribution in [1.29, 1.82) is 0 Å². The third-order valence-electron chi connectivity index (χ3n) is 0.464. The van der Waals surface area contributed by atoms with E-state index in [2.05, 4.69) is 0 Å². The summed E-state index contributed by atoms with van der Waals surface area (Å²) in [7, 11) is -3.67. The maximum absolute atomic E-state index is 9.67. The predicted molar refractivity (Wildman–Crippen MR) is 31.6 cm³/mol. The highest BCUT2D eigenvalue weighted by Crippen LogP contribution is 1.82. The highest BCUT2D eigenvalue weighted by atomic mass is 19.4. The molecule has 0 unspecified atom stereocenters. The molecular formula is C4H8BF3O2. The zero-order valence-corrected chi connectivity index (χ0v) is 5.48. The van der Waals surface area contributed by atoms with Crippen molar-refractivity contribution in [1.82, 2.24) is 0 Å². The van der Waals surface area contributed by atoms with Crippen LogP contribution in [0.3, 0.4) is 0 Å². The van der Waals surface area contributed by atoms with Gasteiger partial charge in [0.05, 0.1) is 0 Å². The predicted octanol–water partition coefficient (Wildman–Crippen LogP) is 1.75. The van der Waals surface area contributed by atoms with E-state index in [1.807, 2.05) is 6.92 Å². The molecule has 10 heavy (non-hydrogen) atoms. The molecule has 0 saturated carbocycles. The molecule has 0 saturated heterocycles. The van der Waals surface area contributed by atoms with Crippen LogP contribution in [0.15, 0.2) is 0 Å². The van der Waals surface area contributed by atoms with Crippen LogP contribution in [-0.2, 0) is 4.79 Å². The summed E-state index contributed by atoms with van der Waals surface area (Å²) in [5.74, 6) is -0.711. The van der Waals surface area contributed by atoms with Gasteiger partial charge >= 0.3 is 13.5 Å². The topological polar surface area (TPSA) is 37.3 Å². The van der Waals surface area contributed by atoms with Crippen LogP contribution in [0.2, 0.25) is 0 Å². The Hall–Kier alpha value is -0.675. The summed E-state index contributed by atoms with van der Waals surface area (Å²) < 4.78 is 29.0. The molecule has 0 heterocycles. The molecular weight excluding hydrogens is 148 g/mol. The quantitative estimate of drug-likeness (QED) is 0.618. The average molecular weight is 156 g/mol. The van der Waals surface area contributed by atoms with Crippen LogP contribution in [0, 0.1) is 0 Å². The Morgan fingerprint density at radius 1 is 1.50 bits per heavy atom. The van der Waals surface area contributed by atoms with Crippen LogP contribution in [-0.4, -0.2) is 18.6 Å². The lowest BCUT2D eigenvalue weighted by Crippen LogP contribution is -1.90. The van der Waals surface area contributed by atoms with Gasteiger partial charge in [-0.15, -0.1) is 0 Å². The van der Waals surface area contributed by atoms with Crippen molar-refractivity contribution < 1.29 is 22.8 Å². The molecule has 0 aromatic carbocycles. The van der Waals surface area contributed by atoms with Gasteiger partial charge in [-0.3, -0.25) is 17.7 Å². The van der Waals surface area contributed by atoms with Gasteiger partial charge < -0.3 is 5.11 Å². The van der Waals surface area contributed by atoms with E-state index in [0.717, 1.165) is 6.42 Å². The molecule has 60 valence electrons. The van der Waals surface area contributed by atoms with Crippen LogP contribution in [0.1, 0.15) is 19.8 Å². The van der Waals surface area contributed by atoms with Gasteiger partial charge in [0.25, 0.3) is 0 Å². The molecule has 0 aliphatic rings. The normalized spacial score (nSPS) is 7.60. The monoisotopic (exact) mass is 156 g/mol. The molecule has 0 amide bonds. The Balaban J connectivity index is 0. The highest BCUT2D eigenvalue weighted by molar-refractivity contribution is 6.33. The van der Waals surface area contributed by atoms with Gasteiger partial charge in [0, 0.05) is 6.42 Å². The van der Waals surface area contributed by atoms with Crippen LogP contribution in [0.25, 0.3) is 0 Å². The van der Waals surface area contributed by atoms with Crippen LogP contribution in [0.5, 0.6) is 0 Å². The fraction of sp³-hybridized carbons (Fsp3) is 0.750. The Morgan fingerprint density at radius 2 is 1.80 bits per heavy atom. The van der Waals surface area contributed by atoms with Crippen molar-refractivity contribution in [3.8, 4) is 0 Å². The molecule has 0 aliphatic heterocycles. The second kappa shape index (κ2) is 8.32. The fourth-order valence-corrected chi connectivity index (χ4v) is 0.214. The first-order valence-electron chi connectivity index (χ1n) is 2.64. The minimum Gasteiger partial charge on any atom is -0.481 e. The number of rotatable bonds is 2. The molecule has 0 aliphatic carbocycles. The fourth-order valence-electron chi connectivity index (χ4n) is 0.214. The van der Waals surface area contributed by atoms with Gasteiger partial charge in [-0.1, -0.05) is 6.92 Å². The van der Waals surface area contributed by atoms with E-state index in [0.29, 0.717) is 6.42 Å². The zero-order valence-electron chi connectivity index (χ0n) is 5.48. The second-order valence-corrected chi connectivity index (χ2v) is 1.39. The van der Waals surface area contributed by atoms with Crippen molar-refractivity contribution >= 4 is 13.5 Å². The molecule has 0 atom stereocenters. The first kappa shape index (κ1) is 12.0. The summed E-state index contributed by atoms with van der Waals surface area (Å²) in [6, 6.07) is 0. The number of carboxylic acid groups (broad SMARTS) is 1. The van der Waals surface area contributed by atoms with Crippen molar-refractivity contribution in [3.63, 3.8) is 0 Å². The van der Waals surface area contributed by atoms with E-state index in [-0.39, 0.29) is 0 Å². The third-order valence-corrected chi connectivity index (χ3v) is 0.464. The Morgan fingerprint density at radius 3 is 1.80 bits per heavy atom. The second-order valence-electron chi connectivity index (χ2n) is 1.39. The summed E-state index contributed by atoms with van der Waals surface area (Å²) in [5, 5.41) is 7.91. The van der Waals surface area contributed by atoms with E-state index in [4.69, 9.17) is 5.11 Å². The number of hydrogen-bond acceptors (Lipinski definition) is 1. The molecule has 0 fully saturated rings. The minimum atomic E-state index is -3.67. The lowest BCUT2D eigenvalue weighted by atomic mass is 10.4. The maximum atomic E-state index is 9.67. The number of halogens is 3. The first-order chi connectivity index (χ1) is 4.50. The summed E-state index contributed by atoms with van der Waals surface area (Å²) in [4.78, 5) is 9.60. The van der Waals surface area contributed by atoms with Crippen molar-refractivity contribution in [2.75, 3.05) is 0 Å². The molecule has 0 bridgehead atoms. The Kier molecular flexibility index (Phi) is 10.0. The van der Waals surface area contributed by atoms with Crippen molar-refractivity contribution in [2.45, 2.75) is 19.8 Å². The summed E-state index contributed by atoms with van der Waals surface area (Å²) in [5.41, 5.74) is 0. The lowest BCUT2D eigenvalue weighted by molar-refractivity contribution is -0.137. The van der Waals surface area contributed by atoms with E-state index < -0.39 is 13.5 Å². The van der Waals surface area contributed by atoms with Crippen molar-refractivity contribution in [3.05, 3.63) is 0 Å². The van der Waals surface area contributed by atoms with Gasteiger partial charge in [-0.2, -0.15) is 0 Å². The standard InChI is InChI=1S/C4H8O2.BF3/c1-2-3-4(5)6;2-1(3)4/h2-3H2,1H3,(H,5,6);. The Bertz CT molecular complexity index is 85.8. The SMILES string of the molecule is CCCC(=O)O.FB(F)F.